The van der Waals surface area contributed by atoms with Gasteiger partial charge in [0.2, 0.25) is 0 Å². The average Bonchev–Trinajstić information content (AvgIpc) is 2.66. The van der Waals surface area contributed by atoms with E-state index >= 15 is 0 Å². The van der Waals surface area contributed by atoms with Gasteiger partial charge >= 0.3 is 0 Å². The van der Waals surface area contributed by atoms with Gasteiger partial charge in [-0.15, -0.1) is 4.73 Å². The highest BCUT2D eigenvalue weighted by atomic mass is 16.5. The van der Waals surface area contributed by atoms with Crippen LogP contribution in [-0.4, -0.2) is 28.0 Å². The molecule has 1 N–H and O–H groups in total. The highest BCUT2D eigenvalue weighted by molar-refractivity contribution is 5.89. The maximum absolute atomic E-state index is 12.0. The van der Waals surface area contributed by atoms with Crippen LogP contribution in [0.15, 0.2) is 59.5 Å². The fourth-order valence-electron chi connectivity index (χ4n) is 3.71. The molecule has 1 aromatic carbocycles. The molecule has 3 aromatic rings. The summed E-state index contributed by atoms with van der Waals surface area (Å²) in [6, 6.07) is 15.9. The number of hydrogen-bond donors (Lipinski definition) is 1. The molecule has 0 amide bonds. The molecule has 0 atom stereocenters. The first-order chi connectivity index (χ1) is 12.2. The van der Waals surface area contributed by atoms with E-state index in [-0.39, 0.29) is 0 Å². The molecule has 1 aliphatic rings. The fourth-order valence-corrected chi connectivity index (χ4v) is 3.71. The van der Waals surface area contributed by atoms with Gasteiger partial charge in [0.15, 0.2) is 5.65 Å². The molecule has 0 saturated carbocycles. The molecule has 5 heteroatoms. The van der Waals surface area contributed by atoms with E-state index in [1.807, 2.05) is 12.1 Å². The second-order valence-electron chi connectivity index (χ2n) is 6.67. The van der Waals surface area contributed by atoms with E-state index in [1.54, 1.807) is 6.20 Å². The molecule has 3 heterocycles. The Bertz CT molecular complexity index is 929. The number of piperidine rings is 1. The molecule has 0 spiro atoms. The Balaban J connectivity index is 1.54. The average molecular weight is 335 g/mol. The first-order valence-electron chi connectivity index (χ1n) is 8.71. The van der Waals surface area contributed by atoms with Crippen molar-refractivity contribution >= 4 is 16.7 Å². The Hall–Kier alpha value is -2.82. The molecule has 5 nitrogen and oxygen atoms in total. The third-order valence-electron chi connectivity index (χ3n) is 5.05. The number of nitrogens with zero attached hydrogens (tertiary/aromatic N) is 3. The van der Waals surface area contributed by atoms with Gasteiger partial charge in [-0.2, -0.15) is 0 Å². The molecule has 1 saturated heterocycles. The summed E-state index contributed by atoms with van der Waals surface area (Å²) in [5, 5.41) is 10.7. The Labute approximate surface area is 146 Å². The van der Waals surface area contributed by atoms with Gasteiger partial charge in [-0.3, -0.25) is 4.79 Å². The topological polar surface area (TPSA) is 58.4 Å². The molecule has 0 radical (unpaired) electrons. The molecular weight excluding hydrogens is 314 g/mol. The van der Waals surface area contributed by atoms with Gasteiger partial charge in [0.1, 0.15) is 0 Å². The molecule has 0 unspecified atom stereocenters. The Kier molecular flexibility index (Phi) is 4.14. The van der Waals surface area contributed by atoms with Crippen LogP contribution in [0.4, 0.5) is 5.69 Å². The van der Waals surface area contributed by atoms with Crippen LogP contribution < -0.4 is 10.5 Å². The minimum atomic E-state index is -0.437. The largest absolute Gasteiger partial charge is 0.423 e. The van der Waals surface area contributed by atoms with E-state index < -0.39 is 5.56 Å². The molecule has 0 aliphatic carbocycles. The van der Waals surface area contributed by atoms with Crippen molar-refractivity contribution in [2.75, 3.05) is 18.0 Å². The summed E-state index contributed by atoms with van der Waals surface area (Å²) in [5.41, 5.74) is 2.14. The lowest BCUT2D eigenvalue weighted by Gasteiger charge is -2.34. The summed E-state index contributed by atoms with van der Waals surface area (Å²) in [6.07, 6.45) is 4.89. The zero-order valence-electron chi connectivity index (χ0n) is 14.0. The standard InChI is InChI=1S/C20H21N3O2/c24-19-14-18(17-7-4-10-21-20(17)23(19)25)22-11-8-16(9-12-22)13-15-5-2-1-3-6-15/h1-7,10,14,16,25H,8-9,11-13H2. The number of anilines is 1. The van der Waals surface area contributed by atoms with Gasteiger partial charge in [-0.05, 0) is 42.9 Å². The van der Waals surface area contributed by atoms with Crippen molar-refractivity contribution in [3.63, 3.8) is 0 Å². The third kappa shape index (κ3) is 3.09. The summed E-state index contributed by atoms with van der Waals surface area (Å²) < 4.78 is 0.626. The SMILES string of the molecule is O=c1cc(N2CCC(Cc3ccccc3)CC2)c2cccnc2n1O. The molecule has 0 bridgehead atoms. The molecule has 1 aliphatic heterocycles. The van der Waals surface area contributed by atoms with Crippen LogP contribution in [0.2, 0.25) is 0 Å². The number of aromatic nitrogens is 2. The van der Waals surface area contributed by atoms with Crippen LogP contribution in [0.25, 0.3) is 11.0 Å². The number of fused-ring (bicyclic) bond motifs is 1. The van der Waals surface area contributed by atoms with Gasteiger partial charge in [-0.25, -0.2) is 4.98 Å². The van der Waals surface area contributed by atoms with Gasteiger partial charge in [0.05, 0.1) is 5.69 Å². The molecule has 2 aromatic heterocycles. The number of hydrogen-bond acceptors (Lipinski definition) is 4. The quantitative estimate of drug-likeness (QED) is 0.747. The van der Waals surface area contributed by atoms with E-state index in [2.05, 4.69) is 40.2 Å². The van der Waals surface area contributed by atoms with Crippen molar-refractivity contribution in [1.29, 1.82) is 0 Å². The lowest BCUT2D eigenvalue weighted by atomic mass is 9.90. The minimum Gasteiger partial charge on any atom is -0.423 e. The summed E-state index contributed by atoms with van der Waals surface area (Å²) in [5.74, 6) is 0.668. The van der Waals surface area contributed by atoms with Crippen LogP contribution in [0.5, 0.6) is 0 Å². The zero-order chi connectivity index (χ0) is 17.2. The van der Waals surface area contributed by atoms with E-state index in [4.69, 9.17) is 0 Å². The molecule has 1 fully saturated rings. The first kappa shape index (κ1) is 15.7. The van der Waals surface area contributed by atoms with E-state index in [1.165, 1.54) is 11.6 Å². The zero-order valence-corrected chi connectivity index (χ0v) is 14.0. The normalized spacial score (nSPS) is 15.6. The Morgan fingerprint density at radius 2 is 1.84 bits per heavy atom. The van der Waals surface area contributed by atoms with Crippen molar-refractivity contribution in [3.8, 4) is 0 Å². The van der Waals surface area contributed by atoms with Crippen LogP contribution in [-0.2, 0) is 6.42 Å². The highest BCUT2D eigenvalue weighted by Gasteiger charge is 2.22. The second-order valence-corrected chi connectivity index (χ2v) is 6.67. The predicted molar refractivity (Wildman–Crippen MR) is 98.3 cm³/mol. The number of rotatable bonds is 3. The van der Waals surface area contributed by atoms with Gasteiger partial charge in [-0.1, -0.05) is 30.3 Å². The van der Waals surface area contributed by atoms with Gasteiger partial charge in [0, 0.05) is 30.7 Å². The monoisotopic (exact) mass is 335 g/mol. The minimum absolute atomic E-state index is 0.316. The summed E-state index contributed by atoms with van der Waals surface area (Å²) in [6.45, 7) is 1.83. The maximum atomic E-state index is 12.0. The van der Waals surface area contributed by atoms with Crippen LogP contribution >= 0.6 is 0 Å². The molecule has 4 rings (SSSR count). The predicted octanol–water partition coefficient (Wildman–Crippen LogP) is 3.09. The molecule has 128 valence electrons. The summed E-state index contributed by atoms with van der Waals surface area (Å²) >= 11 is 0. The summed E-state index contributed by atoms with van der Waals surface area (Å²) in [7, 11) is 0. The lowest BCUT2D eigenvalue weighted by Crippen LogP contribution is -2.35. The van der Waals surface area contributed by atoms with E-state index in [0.29, 0.717) is 16.3 Å². The summed E-state index contributed by atoms with van der Waals surface area (Å²) in [4.78, 5) is 18.4. The second kappa shape index (κ2) is 6.59. The maximum Gasteiger partial charge on any atom is 0.286 e. The van der Waals surface area contributed by atoms with E-state index in [0.717, 1.165) is 43.4 Å². The van der Waals surface area contributed by atoms with Gasteiger partial charge < -0.3 is 10.1 Å². The number of benzene rings is 1. The molecular formula is C20H21N3O2. The first-order valence-corrected chi connectivity index (χ1v) is 8.71. The van der Waals surface area contributed by atoms with E-state index in [9.17, 15) is 10.0 Å². The smallest absolute Gasteiger partial charge is 0.286 e. The van der Waals surface area contributed by atoms with Crippen molar-refractivity contribution in [3.05, 3.63) is 70.6 Å². The van der Waals surface area contributed by atoms with Gasteiger partial charge in [0.25, 0.3) is 5.56 Å². The Morgan fingerprint density at radius 1 is 1.08 bits per heavy atom. The van der Waals surface area contributed by atoms with Crippen molar-refractivity contribution < 1.29 is 5.21 Å². The van der Waals surface area contributed by atoms with Crippen LogP contribution in [0, 0.1) is 5.92 Å². The van der Waals surface area contributed by atoms with Crippen molar-refractivity contribution in [2.45, 2.75) is 19.3 Å². The Morgan fingerprint density at radius 3 is 2.60 bits per heavy atom. The number of pyridine rings is 2. The van der Waals surface area contributed by atoms with Crippen molar-refractivity contribution in [2.24, 2.45) is 5.92 Å². The molecule has 25 heavy (non-hydrogen) atoms. The van der Waals surface area contributed by atoms with Crippen LogP contribution in [0.3, 0.4) is 0 Å². The third-order valence-corrected chi connectivity index (χ3v) is 5.05. The highest BCUT2D eigenvalue weighted by Crippen LogP contribution is 2.29. The fraction of sp³-hybridized carbons (Fsp3) is 0.300. The lowest BCUT2D eigenvalue weighted by molar-refractivity contribution is 0.186. The van der Waals surface area contributed by atoms with Crippen LogP contribution in [0.1, 0.15) is 18.4 Å². The van der Waals surface area contributed by atoms with Crippen molar-refractivity contribution in [1.82, 2.24) is 9.71 Å².